The number of carbonyl (C=O) groups is 1. The Labute approximate surface area is 96.5 Å². The van der Waals surface area contributed by atoms with Gasteiger partial charge in [-0.25, -0.2) is 0 Å². The normalized spacial score (nSPS) is 20.4. The van der Waals surface area contributed by atoms with Crippen molar-refractivity contribution >= 4 is 17.3 Å². The maximum absolute atomic E-state index is 11.9. The number of fused-ring (bicyclic) bond motifs is 1. The molecule has 2 radical (unpaired) electrons. The smallest absolute Gasteiger partial charge is 0.237 e. The lowest BCUT2D eigenvalue weighted by Gasteiger charge is -2.19. The van der Waals surface area contributed by atoms with Crippen LogP contribution in [0.1, 0.15) is 13.8 Å². The van der Waals surface area contributed by atoms with Crippen molar-refractivity contribution in [3.63, 3.8) is 0 Å². The van der Waals surface area contributed by atoms with Gasteiger partial charge >= 0.3 is 0 Å². The molecular weight excluding hydrogens is 200 g/mol. The van der Waals surface area contributed by atoms with Crippen molar-refractivity contribution in [2.75, 3.05) is 17.3 Å². The molecule has 1 aromatic carbocycles. The van der Waals surface area contributed by atoms with Gasteiger partial charge in [0.05, 0.1) is 11.4 Å². The number of nitrogens with one attached hydrogen (secondary N) is 1. The van der Waals surface area contributed by atoms with Gasteiger partial charge in [-0.3, -0.25) is 4.79 Å². The molecule has 0 bridgehead atoms. The van der Waals surface area contributed by atoms with Gasteiger partial charge in [-0.1, -0.05) is 26.0 Å². The topological polar surface area (TPSA) is 32.3 Å². The van der Waals surface area contributed by atoms with Crippen LogP contribution in [0.25, 0.3) is 0 Å². The van der Waals surface area contributed by atoms with Crippen LogP contribution in [0.4, 0.5) is 11.4 Å². The number of hydrogen-bond donors (Lipinski definition) is 1. The summed E-state index contributed by atoms with van der Waals surface area (Å²) in [5.74, 6) is 0.264. The number of rotatable bonds is 1. The molecule has 0 fully saturated rings. The number of anilines is 2. The number of para-hydroxylation sites is 2. The Bertz CT molecular complexity index is 401. The maximum atomic E-state index is 11.9. The van der Waals surface area contributed by atoms with Gasteiger partial charge in [-0.05, 0) is 18.1 Å². The number of hydrogen-bond acceptors (Lipinski definition) is 2. The summed E-state index contributed by atoms with van der Waals surface area (Å²) in [5, 5.41) is 3.35. The number of amides is 1. The minimum atomic E-state index is -0.0730. The van der Waals surface area contributed by atoms with E-state index < -0.39 is 0 Å². The highest BCUT2D eigenvalue weighted by atomic mass is 16.2. The van der Waals surface area contributed by atoms with E-state index in [-0.39, 0.29) is 11.9 Å². The monoisotopic (exact) mass is 216 g/mol. The third-order valence-corrected chi connectivity index (χ3v) is 2.83. The Balaban J connectivity index is 2.40. The van der Waals surface area contributed by atoms with Crippen LogP contribution in [0, 0.1) is 12.3 Å². The van der Waals surface area contributed by atoms with Crippen LogP contribution in [0.2, 0.25) is 0 Å². The van der Waals surface area contributed by atoms with Crippen LogP contribution in [-0.2, 0) is 4.79 Å². The highest BCUT2D eigenvalue weighted by Gasteiger charge is 2.27. The summed E-state index contributed by atoms with van der Waals surface area (Å²) in [4.78, 5) is 13.5. The zero-order valence-electron chi connectivity index (χ0n) is 9.82. The highest BCUT2D eigenvalue weighted by molar-refractivity contribution is 6.03. The molecule has 1 aromatic rings. The van der Waals surface area contributed by atoms with Crippen LogP contribution in [0.3, 0.4) is 0 Å². The van der Waals surface area contributed by atoms with Crippen molar-refractivity contribution in [1.82, 2.24) is 0 Å². The second-order valence-corrected chi connectivity index (χ2v) is 4.39. The number of carbonyl (C=O) groups excluding carboxylic acids is 1. The average molecular weight is 216 g/mol. The Morgan fingerprint density at radius 1 is 1.38 bits per heavy atom. The van der Waals surface area contributed by atoms with Crippen molar-refractivity contribution in [2.24, 2.45) is 5.92 Å². The molecule has 1 aliphatic rings. The van der Waals surface area contributed by atoms with Crippen LogP contribution in [-0.4, -0.2) is 19.0 Å². The van der Waals surface area contributed by atoms with Gasteiger partial charge < -0.3 is 10.2 Å². The second kappa shape index (κ2) is 4.16. The molecule has 1 unspecified atom stereocenters. The fraction of sp³-hybridized carbons (Fsp3) is 0.385. The van der Waals surface area contributed by atoms with E-state index in [1.54, 1.807) is 11.9 Å². The lowest BCUT2D eigenvalue weighted by molar-refractivity contribution is -0.115. The van der Waals surface area contributed by atoms with Crippen LogP contribution < -0.4 is 10.2 Å². The molecule has 0 spiro atoms. The highest BCUT2D eigenvalue weighted by Crippen LogP contribution is 2.30. The van der Waals surface area contributed by atoms with Gasteiger partial charge in [-0.2, -0.15) is 0 Å². The maximum Gasteiger partial charge on any atom is 0.237 e. The van der Waals surface area contributed by atoms with E-state index >= 15 is 0 Å². The van der Waals surface area contributed by atoms with E-state index in [1.165, 1.54) is 0 Å². The Hall–Kier alpha value is -1.51. The van der Waals surface area contributed by atoms with Crippen LogP contribution in [0.5, 0.6) is 0 Å². The largest absolute Gasteiger partial charge is 0.379 e. The van der Waals surface area contributed by atoms with E-state index in [1.807, 2.05) is 24.3 Å². The van der Waals surface area contributed by atoms with Gasteiger partial charge in [0.15, 0.2) is 0 Å². The molecule has 16 heavy (non-hydrogen) atoms. The SMILES string of the molecule is CC(C)C1[C]C(=O)N(C)c2ccccc2N1. The first-order valence-corrected chi connectivity index (χ1v) is 5.49. The molecule has 84 valence electrons. The summed E-state index contributed by atoms with van der Waals surface area (Å²) in [6.07, 6.45) is 2.95. The number of benzene rings is 1. The zero-order valence-corrected chi connectivity index (χ0v) is 9.82. The summed E-state index contributed by atoms with van der Waals surface area (Å²) >= 11 is 0. The number of nitrogens with zero attached hydrogens (tertiary/aromatic N) is 1. The fourth-order valence-corrected chi connectivity index (χ4v) is 1.76. The van der Waals surface area contributed by atoms with Gasteiger partial charge in [-0.15, -0.1) is 0 Å². The molecule has 0 saturated carbocycles. The van der Waals surface area contributed by atoms with E-state index in [2.05, 4.69) is 25.6 Å². The van der Waals surface area contributed by atoms with Gasteiger partial charge in [0.25, 0.3) is 0 Å². The van der Waals surface area contributed by atoms with Crippen molar-refractivity contribution in [3.8, 4) is 0 Å². The Kier molecular flexibility index (Phi) is 2.86. The average Bonchev–Trinajstić information content (AvgIpc) is 2.38. The molecule has 0 aromatic heterocycles. The van der Waals surface area contributed by atoms with Crippen molar-refractivity contribution in [2.45, 2.75) is 19.9 Å². The van der Waals surface area contributed by atoms with Crippen molar-refractivity contribution in [1.29, 1.82) is 0 Å². The molecule has 1 heterocycles. The summed E-state index contributed by atoms with van der Waals surface area (Å²) in [6, 6.07) is 7.79. The summed E-state index contributed by atoms with van der Waals surface area (Å²) in [5.41, 5.74) is 1.89. The third kappa shape index (κ3) is 1.90. The molecule has 0 aliphatic carbocycles. The Morgan fingerprint density at radius 2 is 2.06 bits per heavy atom. The standard InChI is InChI=1S/C13H16N2O/c1-9(2)11-8-13(16)15(3)12-7-5-4-6-10(12)14-11/h4-7,9,11,14H,1-3H3. The molecule has 2 rings (SSSR count). The van der Waals surface area contributed by atoms with E-state index in [0.29, 0.717) is 5.92 Å². The summed E-state index contributed by atoms with van der Waals surface area (Å²) in [7, 11) is 1.78. The predicted octanol–water partition coefficient (Wildman–Crippen LogP) is 2.18. The van der Waals surface area contributed by atoms with E-state index in [4.69, 9.17) is 0 Å². The minimum Gasteiger partial charge on any atom is -0.379 e. The molecular formula is C13H16N2O. The summed E-state index contributed by atoms with van der Waals surface area (Å²) in [6.45, 7) is 4.15. The van der Waals surface area contributed by atoms with Crippen molar-refractivity contribution < 1.29 is 4.79 Å². The van der Waals surface area contributed by atoms with Crippen LogP contribution >= 0.6 is 0 Å². The van der Waals surface area contributed by atoms with Gasteiger partial charge in [0, 0.05) is 13.1 Å². The minimum absolute atomic E-state index is 0.0291. The Morgan fingerprint density at radius 3 is 2.75 bits per heavy atom. The third-order valence-electron chi connectivity index (χ3n) is 2.83. The van der Waals surface area contributed by atoms with E-state index in [0.717, 1.165) is 11.4 Å². The molecule has 1 N–H and O–H groups in total. The lowest BCUT2D eigenvalue weighted by atomic mass is 10.0. The predicted molar refractivity (Wildman–Crippen MR) is 65.3 cm³/mol. The lowest BCUT2D eigenvalue weighted by Crippen LogP contribution is -2.32. The molecule has 1 aliphatic heterocycles. The molecule has 3 nitrogen and oxygen atoms in total. The second-order valence-electron chi connectivity index (χ2n) is 4.39. The molecule has 1 amide bonds. The van der Waals surface area contributed by atoms with Gasteiger partial charge in [0.1, 0.15) is 6.42 Å². The van der Waals surface area contributed by atoms with Crippen molar-refractivity contribution in [3.05, 3.63) is 30.7 Å². The molecule has 3 heteroatoms. The summed E-state index contributed by atoms with van der Waals surface area (Å²) < 4.78 is 0. The first-order valence-electron chi connectivity index (χ1n) is 5.49. The quantitative estimate of drug-likeness (QED) is 0.780. The fourth-order valence-electron chi connectivity index (χ4n) is 1.76. The first-order chi connectivity index (χ1) is 7.59. The first kappa shape index (κ1) is 11.0. The van der Waals surface area contributed by atoms with Crippen LogP contribution in [0.15, 0.2) is 24.3 Å². The zero-order chi connectivity index (χ0) is 11.7. The molecule has 0 saturated heterocycles. The van der Waals surface area contributed by atoms with E-state index in [9.17, 15) is 4.79 Å². The van der Waals surface area contributed by atoms with Gasteiger partial charge in [0.2, 0.25) is 5.91 Å². The molecule has 1 atom stereocenters.